The first kappa shape index (κ1) is 16.2. The second kappa shape index (κ2) is 5.28. The van der Waals surface area contributed by atoms with Gasteiger partial charge in [0.05, 0.1) is 10.3 Å². The van der Waals surface area contributed by atoms with Crippen molar-refractivity contribution in [3.05, 3.63) is 33.3 Å². The van der Waals surface area contributed by atoms with Crippen LogP contribution in [0, 0.1) is 15.5 Å². The zero-order chi connectivity index (χ0) is 15.7. The molecule has 20 heavy (non-hydrogen) atoms. The molecule has 6 nitrogen and oxygen atoms in total. The van der Waals surface area contributed by atoms with Gasteiger partial charge in [-0.3, -0.25) is 14.9 Å². The number of rotatable bonds is 5. The first-order valence-electron chi connectivity index (χ1n) is 5.95. The predicted octanol–water partition coefficient (Wildman–Crippen LogP) is 3.55. The Morgan fingerprint density at radius 1 is 1.35 bits per heavy atom. The molecule has 0 atom stereocenters. The van der Waals surface area contributed by atoms with Crippen LogP contribution in [-0.2, 0) is 4.79 Å². The van der Waals surface area contributed by atoms with Gasteiger partial charge >= 0.3 is 11.7 Å². The lowest BCUT2D eigenvalue weighted by Gasteiger charge is -2.39. The van der Waals surface area contributed by atoms with Crippen molar-refractivity contribution < 1.29 is 14.8 Å². The Kier molecular flexibility index (Phi) is 4.29. The van der Waals surface area contributed by atoms with E-state index in [4.69, 9.17) is 11.6 Å². The molecule has 7 heteroatoms. The third-order valence-corrected chi connectivity index (χ3v) is 4.02. The number of halogens is 1. The first-order valence-corrected chi connectivity index (χ1v) is 6.33. The fraction of sp³-hybridized carbons (Fsp3) is 0.462. The first-order chi connectivity index (χ1) is 9.00. The third-order valence-electron chi connectivity index (χ3n) is 3.71. The van der Waals surface area contributed by atoms with Crippen molar-refractivity contribution in [2.45, 2.75) is 33.2 Å². The van der Waals surface area contributed by atoms with Gasteiger partial charge in [0.25, 0.3) is 0 Å². The van der Waals surface area contributed by atoms with Crippen molar-refractivity contribution in [3.8, 4) is 0 Å². The van der Waals surface area contributed by atoms with E-state index in [1.165, 1.54) is 12.1 Å². The van der Waals surface area contributed by atoms with E-state index in [1.807, 2.05) is 0 Å². The zero-order valence-electron chi connectivity index (χ0n) is 11.7. The average molecular weight is 301 g/mol. The van der Waals surface area contributed by atoms with Crippen LogP contribution < -0.4 is 5.32 Å². The van der Waals surface area contributed by atoms with Crippen LogP contribution in [0.25, 0.3) is 0 Å². The molecule has 0 saturated carbocycles. The van der Waals surface area contributed by atoms with Gasteiger partial charge in [0, 0.05) is 5.54 Å². The minimum Gasteiger partial charge on any atom is -0.481 e. The number of carbonyl (C=O) groups is 1. The summed E-state index contributed by atoms with van der Waals surface area (Å²) in [4.78, 5) is 21.8. The molecule has 0 aliphatic heterocycles. The summed E-state index contributed by atoms with van der Waals surface area (Å²) >= 11 is 5.83. The van der Waals surface area contributed by atoms with Crippen LogP contribution in [0.4, 0.5) is 11.4 Å². The molecule has 0 fully saturated rings. The Morgan fingerprint density at radius 3 is 2.35 bits per heavy atom. The minimum atomic E-state index is -1.14. The summed E-state index contributed by atoms with van der Waals surface area (Å²) in [5.41, 5.74) is -2.12. The monoisotopic (exact) mass is 300 g/mol. The second-order valence-electron chi connectivity index (χ2n) is 5.57. The zero-order valence-corrected chi connectivity index (χ0v) is 12.5. The molecule has 1 aromatic rings. The SMILES string of the molecule is CC(C)(Nc1cccc(Cl)c1[N+](=O)[O-])C(C)(C)C(=O)O. The van der Waals surface area contributed by atoms with Crippen molar-refractivity contribution in [1.29, 1.82) is 0 Å². The number of hydrogen-bond acceptors (Lipinski definition) is 4. The van der Waals surface area contributed by atoms with Crippen molar-refractivity contribution >= 4 is 28.9 Å². The number of anilines is 1. The lowest BCUT2D eigenvalue weighted by atomic mass is 9.74. The number of para-hydroxylation sites is 1. The van der Waals surface area contributed by atoms with Gasteiger partial charge in [0.15, 0.2) is 0 Å². The highest BCUT2D eigenvalue weighted by atomic mass is 35.5. The van der Waals surface area contributed by atoms with E-state index in [2.05, 4.69) is 5.32 Å². The van der Waals surface area contributed by atoms with Gasteiger partial charge in [0.1, 0.15) is 10.7 Å². The highest BCUT2D eigenvalue weighted by Gasteiger charge is 2.44. The summed E-state index contributed by atoms with van der Waals surface area (Å²) in [6.45, 7) is 6.45. The van der Waals surface area contributed by atoms with E-state index in [9.17, 15) is 20.0 Å². The van der Waals surface area contributed by atoms with Crippen LogP contribution in [0.5, 0.6) is 0 Å². The van der Waals surface area contributed by atoms with E-state index in [0.29, 0.717) is 0 Å². The Labute approximate surface area is 121 Å². The fourth-order valence-corrected chi connectivity index (χ4v) is 1.81. The van der Waals surface area contributed by atoms with E-state index in [-0.39, 0.29) is 16.4 Å². The normalized spacial score (nSPS) is 12.1. The molecule has 1 rings (SSSR count). The van der Waals surface area contributed by atoms with Crippen LogP contribution in [0.15, 0.2) is 18.2 Å². The van der Waals surface area contributed by atoms with Crippen LogP contribution in [0.1, 0.15) is 27.7 Å². The Balaban J connectivity index is 3.26. The summed E-state index contributed by atoms with van der Waals surface area (Å²) in [5, 5.41) is 23.3. The number of carboxylic acids is 1. The number of nitro benzene ring substituents is 1. The standard InChI is InChI=1S/C13H17ClN2O4/c1-12(2,11(17)18)13(3,4)15-9-7-5-6-8(14)10(9)16(19)20/h5-7,15H,1-4H3,(H,17,18). The van der Waals surface area contributed by atoms with E-state index in [1.54, 1.807) is 33.8 Å². The number of carboxylic acid groups (broad SMARTS) is 1. The fourth-order valence-electron chi connectivity index (χ4n) is 1.56. The van der Waals surface area contributed by atoms with E-state index in [0.717, 1.165) is 0 Å². The number of nitro groups is 1. The van der Waals surface area contributed by atoms with Crippen molar-refractivity contribution in [3.63, 3.8) is 0 Å². The summed E-state index contributed by atoms with van der Waals surface area (Å²) in [6, 6.07) is 4.49. The number of nitrogens with one attached hydrogen (secondary N) is 1. The van der Waals surface area contributed by atoms with E-state index < -0.39 is 21.8 Å². The molecule has 0 spiro atoms. The van der Waals surface area contributed by atoms with Gasteiger partial charge in [-0.2, -0.15) is 0 Å². The van der Waals surface area contributed by atoms with Gasteiger partial charge in [-0.25, -0.2) is 0 Å². The van der Waals surface area contributed by atoms with Crippen LogP contribution in [0.3, 0.4) is 0 Å². The summed E-state index contributed by atoms with van der Waals surface area (Å²) < 4.78 is 0. The van der Waals surface area contributed by atoms with Crippen LogP contribution in [-0.4, -0.2) is 21.5 Å². The average Bonchev–Trinajstić information content (AvgIpc) is 2.27. The topological polar surface area (TPSA) is 92.5 Å². The van der Waals surface area contributed by atoms with Gasteiger partial charge in [-0.05, 0) is 39.8 Å². The maximum Gasteiger partial charge on any atom is 0.311 e. The highest BCUT2D eigenvalue weighted by Crippen LogP contribution is 2.39. The van der Waals surface area contributed by atoms with Crippen molar-refractivity contribution in [1.82, 2.24) is 0 Å². The number of hydrogen-bond donors (Lipinski definition) is 2. The van der Waals surface area contributed by atoms with Gasteiger partial charge in [-0.15, -0.1) is 0 Å². The molecule has 0 amide bonds. The minimum absolute atomic E-state index is 0.00364. The summed E-state index contributed by atoms with van der Waals surface area (Å²) in [7, 11) is 0. The van der Waals surface area contributed by atoms with E-state index >= 15 is 0 Å². The Morgan fingerprint density at radius 2 is 1.90 bits per heavy atom. The molecule has 2 N–H and O–H groups in total. The lowest BCUT2D eigenvalue weighted by Crippen LogP contribution is -2.50. The molecule has 0 saturated heterocycles. The molecular formula is C13H17ClN2O4. The molecule has 110 valence electrons. The highest BCUT2D eigenvalue weighted by molar-refractivity contribution is 6.33. The summed E-state index contributed by atoms with van der Waals surface area (Å²) in [6.07, 6.45) is 0. The smallest absolute Gasteiger partial charge is 0.311 e. The van der Waals surface area contributed by atoms with Crippen LogP contribution >= 0.6 is 11.6 Å². The molecule has 1 aromatic carbocycles. The van der Waals surface area contributed by atoms with Crippen molar-refractivity contribution in [2.24, 2.45) is 5.41 Å². The molecular weight excluding hydrogens is 284 g/mol. The molecule has 0 bridgehead atoms. The maximum absolute atomic E-state index is 11.3. The maximum atomic E-state index is 11.3. The molecule has 0 unspecified atom stereocenters. The third kappa shape index (κ3) is 2.85. The quantitative estimate of drug-likeness (QED) is 0.641. The summed E-state index contributed by atoms with van der Waals surface area (Å²) in [5.74, 6) is -1.00. The molecule has 0 aliphatic carbocycles. The Hall–Kier alpha value is -1.82. The molecule has 0 aromatic heterocycles. The number of benzene rings is 1. The van der Waals surface area contributed by atoms with Gasteiger partial charge < -0.3 is 10.4 Å². The molecule has 0 heterocycles. The molecule has 0 aliphatic rings. The second-order valence-corrected chi connectivity index (χ2v) is 5.98. The largest absolute Gasteiger partial charge is 0.481 e. The van der Waals surface area contributed by atoms with Gasteiger partial charge in [-0.1, -0.05) is 17.7 Å². The van der Waals surface area contributed by atoms with Gasteiger partial charge in [0.2, 0.25) is 0 Å². The number of aliphatic carboxylic acids is 1. The Bertz CT molecular complexity index is 555. The molecule has 0 radical (unpaired) electrons. The van der Waals surface area contributed by atoms with Crippen molar-refractivity contribution in [2.75, 3.05) is 5.32 Å². The lowest BCUT2D eigenvalue weighted by molar-refractivity contribution is -0.383. The number of nitrogens with zero attached hydrogens (tertiary/aromatic N) is 1. The van der Waals surface area contributed by atoms with Crippen LogP contribution in [0.2, 0.25) is 5.02 Å². The predicted molar refractivity (Wildman–Crippen MR) is 77.2 cm³/mol.